The van der Waals surface area contributed by atoms with Crippen LogP contribution in [-0.4, -0.2) is 80.5 Å². The predicted octanol–water partition coefficient (Wildman–Crippen LogP) is 5.19. The van der Waals surface area contributed by atoms with Gasteiger partial charge in [-0.2, -0.15) is 0 Å². The summed E-state index contributed by atoms with van der Waals surface area (Å²) in [5.74, 6) is -0.686. The van der Waals surface area contributed by atoms with Crippen molar-refractivity contribution in [3.05, 3.63) is 48.2 Å². The number of benzene rings is 1. The Bertz CT molecular complexity index is 1030. The SMILES string of the molecule is CC(=O)OC1CC(OC2CCCCO2)C(OCC(COc2ccccc2)OC2CCCCO2)C1CC=C=CCCC(=O)O. The van der Waals surface area contributed by atoms with Crippen molar-refractivity contribution in [3.63, 3.8) is 0 Å². The molecule has 7 unspecified atom stereocenters. The smallest absolute Gasteiger partial charge is 0.303 e. The van der Waals surface area contributed by atoms with Crippen LogP contribution >= 0.6 is 0 Å². The average Bonchev–Trinajstić information content (AvgIpc) is 3.31. The van der Waals surface area contributed by atoms with Gasteiger partial charge in [0.2, 0.25) is 0 Å². The van der Waals surface area contributed by atoms with E-state index in [0.29, 0.717) is 32.5 Å². The standard InChI is InChI=1S/C33H46O10/c1-24(34)41-28-21-29(43-32-18-10-12-20-38-32)33(27(28)15-7-2-3-8-16-30(35)36)40-23-26(42-31-17-9-11-19-37-31)22-39-25-13-5-4-6-14-25/h3-7,13-14,26-29,31-33H,8-12,15-23H2,1H3,(H,35,36). The number of allylic oxidation sites excluding steroid dienone is 1. The number of aliphatic carboxylic acids is 1. The molecule has 1 N–H and O–H groups in total. The van der Waals surface area contributed by atoms with E-state index < -0.39 is 24.3 Å². The van der Waals surface area contributed by atoms with Crippen molar-refractivity contribution in [2.75, 3.05) is 26.4 Å². The van der Waals surface area contributed by atoms with Crippen molar-refractivity contribution in [3.8, 4) is 5.75 Å². The van der Waals surface area contributed by atoms with Crippen molar-refractivity contribution in [2.45, 2.75) is 108 Å². The molecule has 1 aliphatic carbocycles. The van der Waals surface area contributed by atoms with Gasteiger partial charge in [0.05, 0.1) is 18.8 Å². The van der Waals surface area contributed by atoms with E-state index in [2.05, 4.69) is 5.73 Å². The molecule has 3 fully saturated rings. The number of rotatable bonds is 16. The van der Waals surface area contributed by atoms with Gasteiger partial charge in [0.1, 0.15) is 24.6 Å². The van der Waals surface area contributed by atoms with E-state index >= 15 is 0 Å². The Balaban J connectivity index is 1.48. The van der Waals surface area contributed by atoms with Gasteiger partial charge >= 0.3 is 11.9 Å². The molecule has 43 heavy (non-hydrogen) atoms. The van der Waals surface area contributed by atoms with E-state index in [-0.39, 0.29) is 50.2 Å². The molecular formula is C33H46O10. The number of carboxylic acid groups (broad SMARTS) is 1. The molecule has 2 heterocycles. The molecule has 0 radical (unpaired) electrons. The van der Waals surface area contributed by atoms with Crippen LogP contribution in [-0.2, 0) is 38.0 Å². The molecule has 3 aliphatic rings. The number of carbonyl (C=O) groups is 2. The fourth-order valence-corrected chi connectivity index (χ4v) is 5.69. The van der Waals surface area contributed by atoms with Gasteiger partial charge in [-0.25, -0.2) is 0 Å². The maximum Gasteiger partial charge on any atom is 0.303 e. The van der Waals surface area contributed by atoms with Gasteiger partial charge in [-0.1, -0.05) is 18.2 Å². The van der Waals surface area contributed by atoms with E-state index in [1.807, 2.05) is 36.4 Å². The van der Waals surface area contributed by atoms with Gasteiger partial charge in [-0.3, -0.25) is 9.59 Å². The van der Waals surface area contributed by atoms with Crippen LogP contribution in [0.25, 0.3) is 0 Å². The summed E-state index contributed by atoms with van der Waals surface area (Å²) in [5, 5.41) is 8.90. The summed E-state index contributed by atoms with van der Waals surface area (Å²) in [6.45, 7) is 3.22. The van der Waals surface area contributed by atoms with Crippen LogP contribution in [0.5, 0.6) is 5.75 Å². The summed E-state index contributed by atoms with van der Waals surface area (Å²) in [5.41, 5.74) is 3.08. The first-order chi connectivity index (χ1) is 21.0. The number of hydrogen-bond donors (Lipinski definition) is 1. The van der Waals surface area contributed by atoms with Crippen molar-refractivity contribution < 1.29 is 47.9 Å². The Morgan fingerprint density at radius 3 is 2.42 bits per heavy atom. The monoisotopic (exact) mass is 602 g/mol. The van der Waals surface area contributed by atoms with Crippen LogP contribution in [0.2, 0.25) is 0 Å². The second kappa shape index (κ2) is 18.2. The highest BCUT2D eigenvalue weighted by Crippen LogP contribution is 2.38. The summed E-state index contributed by atoms with van der Waals surface area (Å²) in [6, 6.07) is 9.57. The Labute approximate surface area is 254 Å². The number of carboxylic acids is 1. The lowest BCUT2D eigenvalue weighted by Gasteiger charge is -2.32. The van der Waals surface area contributed by atoms with Crippen molar-refractivity contribution in [2.24, 2.45) is 5.92 Å². The Morgan fingerprint density at radius 1 is 1.00 bits per heavy atom. The number of para-hydroxylation sites is 1. The van der Waals surface area contributed by atoms with E-state index in [4.69, 9.17) is 38.3 Å². The lowest BCUT2D eigenvalue weighted by molar-refractivity contribution is -0.226. The summed E-state index contributed by atoms with van der Waals surface area (Å²) in [6.07, 6.45) is 8.41. The molecule has 1 saturated carbocycles. The lowest BCUT2D eigenvalue weighted by Crippen LogP contribution is -2.40. The van der Waals surface area contributed by atoms with Gasteiger partial charge in [-0.05, 0) is 75.7 Å². The van der Waals surface area contributed by atoms with Gasteiger partial charge < -0.3 is 38.3 Å². The number of ether oxygens (including phenoxy) is 7. The summed E-state index contributed by atoms with van der Waals surface area (Å²) in [7, 11) is 0. The molecule has 0 bridgehead atoms. The van der Waals surface area contributed by atoms with Crippen LogP contribution in [0.15, 0.2) is 48.2 Å². The first-order valence-electron chi connectivity index (χ1n) is 15.6. The molecule has 7 atom stereocenters. The number of carbonyl (C=O) groups excluding carboxylic acids is 1. The highest BCUT2D eigenvalue weighted by atomic mass is 16.7. The maximum atomic E-state index is 12.1. The Kier molecular flexibility index (Phi) is 14.0. The predicted molar refractivity (Wildman–Crippen MR) is 156 cm³/mol. The fraction of sp³-hybridized carbons (Fsp3) is 0.667. The molecule has 1 aromatic carbocycles. The van der Waals surface area contributed by atoms with Crippen LogP contribution in [0.3, 0.4) is 0 Å². The third kappa shape index (κ3) is 11.7. The molecule has 1 aromatic rings. The summed E-state index contributed by atoms with van der Waals surface area (Å²) >= 11 is 0. The van der Waals surface area contributed by atoms with Crippen LogP contribution in [0.4, 0.5) is 0 Å². The van der Waals surface area contributed by atoms with Crippen molar-refractivity contribution in [1.82, 2.24) is 0 Å². The molecule has 10 nitrogen and oxygen atoms in total. The zero-order chi connectivity index (χ0) is 30.3. The van der Waals surface area contributed by atoms with Gasteiger partial charge in [-0.15, -0.1) is 5.73 Å². The number of esters is 1. The minimum atomic E-state index is -0.853. The molecular weight excluding hydrogens is 556 g/mol. The fourth-order valence-electron chi connectivity index (χ4n) is 5.69. The second-order valence-corrected chi connectivity index (χ2v) is 11.2. The largest absolute Gasteiger partial charge is 0.491 e. The maximum absolute atomic E-state index is 12.1. The first-order valence-corrected chi connectivity index (χ1v) is 15.6. The molecule has 0 aromatic heterocycles. The lowest BCUT2D eigenvalue weighted by atomic mass is 9.98. The number of hydrogen-bond acceptors (Lipinski definition) is 9. The zero-order valence-electron chi connectivity index (χ0n) is 25.1. The minimum absolute atomic E-state index is 0.0422. The summed E-state index contributed by atoms with van der Waals surface area (Å²) < 4.78 is 42.9. The average molecular weight is 603 g/mol. The molecule has 0 spiro atoms. The van der Waals surface area contributed by atoms with Gasteiger partial charge in [0.25, 0.3) is 0 Å². The Morgan fingerprint density at radius 2 is 1.74 bits per heavy atom. The van der Waals surface area contributed by atoms with Crippen molar-refractivity contribution in [1.29, 1.82) is 0 Å². The molecule has 2 saturated heterocycles. The van der Waals surface area contributed by atoms with E-state index in [1.54, 1.807) is 6.08 Å². The molecule has 238 valence electrons. The van der Waals surface area contributed by atoms with Crippen LogP contribution < -0.4 is 4.74 Å². The van der Waals surface area contributed by atoms with Gasteiger partial charge in [0.15, 0.2) is 12.6 Å². The second-order valence-electron chi connectivity index (χ2n) is 11.2. The zero-order valence-corrected chi connectivity index (χ0v) is 25.1. The molecule has 0 amide bonds. The van der Waals surface area contributed by atoms with Crippen LogP contribution in [0.1, 0.15) is 71.1 Å². The minimum Gasteiger partial charge on any atom is -0.491 e. The third-order valence-corrected chi connectivity index (χ3v) is 7.78. The van der Waals surface area contributed by atoms with E-state index in [9.17, 15) is 9.59 Å². The van der Waals surface area contributed by atoms with Gasteiger partial charge in [0, 0.05) is 38.9 Å². The molecule has 4 rings (SSSR count). The Hall–Kier alpha value is -2.72. The summed E-state index contributed by atoms with van der Waals surface area (Å²) in [4.78, 5) is 22.9. The van der Waals surface area contributed by atoms with Crippen molar-refractivity contribution >= 4 is 11.9 Å². The quantitative estimate of drug-likeness (QED) is 0.200. The topological polar surface area (TPSA) is 119 Å². The molecule has 2 aliphatic heterocycles. The van der Waals surface area contributed by atoms with E-state index in [1.165, 1.54) is 6.92 Å². The highest BCUT2D eigenvalue weighted by Gasteiger charge is 2.47. The molecule has 10 heteroatoms. The third-order valence-electron chi connectivity index (χ3n) is 7.78. The first kappa shape index (κ1) is 33.2. The highest BCUT2D eigenvalue weighted by molar-refractivity contribution is 5.66. The van der Waals surface area contributed by atoms with E-state index in [0.717, 1.165) is 44.3 Å². The normalized spacial score (nSPS) is 27.9. The van der Waals surface area contributed by atoms with Crippen LogP contribution in [0, 0.1) is 5.92 Å².